The summed E-state index contributed by atoms with van der Waals surface area (Å²) in [6, 6.07) is 7.52. The minimum absolute atomic E-state index is 0.0102. The first kappa shape index (κ1) is 16.3. The number of halogens is 1. The number of hydrogen-bond donors (Lipinski definition) is 1. The van der Waals surface area contributed by atoms with Gasteiger partial charge < -0.3 is 10.2 Å². The van der Waals surface area contributed by atoms with Gasteiger partial charge in [-0.25, -0.2) is 4.98 Å². The lowest BCUT2D eigenvalue weighted by molar-refractivity contribution is -0.120. The predicted molar refractivity (Wildman–Crippen MR) is 102 cm³/mol. The number of nitrogens with one attached hydrogen (secondary N) is 1. The van der Waals surface area contributed by atoms with Crippen LogP contribution >= 0.6 is 22.9 Å². The van der Waals surface area contributed by atoms with E-state index in [9.17, 15) is 4.79 Å². The van der Waals surface area contributed by atoms with Crippen LogP contribution in [-0.2, 0) is 4.79 Å². The number of anilines is 2. The van der Waals surface area contributed by atoms with Crippen LogP contribution in [0.3, 0.4) is 0 Å². The van der Waals surface area contributed by atoms with Gasteiger partial charge in [0.1, 0.15) is 5.82 Å². The van der Waals surface area contributed by atoms with Gasteiger partial charge >= 0.3 is 0 Å². The van der Waals surface area contributed by atoms with E-state index in [1.807, 2.05) is 18.3 Å². The van der Waals surface area contributed by atoms with Crippen molar-refractivity contribution in [3.05, 3.63) is 47.1 Å². The first-order chi connectivity index (χ1) is 12.2. The fourth-order valence-corrected chi connectivity index (χ4v) is 4.20. The van der Waals surface area contributed by atoms with Crippen molar-refractivity contribution in [2.75, 3.05) is 23.3 Å². The smallest absolute Gasteiger partial charge is 0.230 e. The number of piperidine rings is 1. The van der Waals surface area contributed by atoms with Crippen molar-refractivity contribution in [3.8, 4) is 0 Å². The molecule has 1 saturated heterocycles. The van der Waals surface area contributed by atoms with Gasteiger partial charge in [0, 0.05) is 25.5 Å². The molecular formula is C18H17ClN4OS. The van der Waals surface area contributed by atoms with Crippen LogP contribution in [0.1, 0.15) is 12.8 Å². The molecule has 1 aliphatic heterocycles. The number of fused-ring (bicyclic) bond motifs is 1. The Morgan fingerprint density at radius 1 is 1.28 bits per heavy atom. The number of pyridine rings is 2. The zero-order valence-corrected chi connectivity index (χ0v) is 15.1. The summed E-state index contributed by atoms with van der Waals surface area (Å²) in [6.45, 7) is 1.66. The molecule has 0 aromatic carbocycles. The number of carbonyl (C=O) groups excluding carboxylic acids is 1. The Balaban J connectivity index is 1.50. The van der Waals surface area contributed by atoms with Crippen LogP contribution in [0.5, 0.6) is 0 Å². The highest BCUT2D eigenvalue weighted by Gasteiger charge is 2.27. The van der Waals surface area contributed by atoms with E-state index < -0.39 is 0 Å². The molecule has 1 aliphatic rings. The van der Waals surface area contributed by atoms with E-state index >= 15 is 0 Å². The Labute approximate surface area is 154 Å². The molecule has 0 radical (unpaired) electrons. The summed E-state index contributed by atoms with van der Waals surface area (Å²) in [7, 11) is 0. The van der Waals surface area contributed by atoms with E-state index in [1.165, 1.54) is 16.6 Å². The SMILES string of the molecule is O=C(Nc1ccc(Cl)cn1)C1CCCN(c2ccnc3ccsc23)C1. The van der Waals surface area contributed by atoms with E-state index in [0.717, 1.165) is 24.9 Å². The van der Waals surface area contributed by atoms with Crippen LogP contribution in [0.25, 0.3) is 10.2 Å². The van der Waals surface area contributed by atoms with Gasteiger partial charge in [-0.1, -0.05) is 11.6 Å². The van der Waals surface area contributed by atoms with Gasteiger partial charge in [-0.3, -0.25) is 9.78 Å². The van der Waals surface area contributed by atoms with Crippen LogP contribution < -0.4 is 10.2 Å². The van der Waals surface area contributed by atoms with Crippen LogP contribution in [0.2, 0.25) is 5.02 Å². The zero-order valence-electron chi connectivity index (χ0n) is 13.5. The molecule has 1 atom stereocenters. The minimum Gasteiger partial charge on any atom is -0.369 e. The van der Waals surface area contributed by atoms with E-state index in [-0.39, 0.29) is 11.8 Å². The second kappa shape index (κ2) is 6.98. The molecule has 1 N–H and O–H groups in total. The third-order valence-electron chi connectivity index (χ3n) is 4.43. The first-order valence-electron chi connectivity index (χ1n) is 8.20. The number of aromatic nitrogens is 2. The third kappa shape index (κ3) is 3.45. The Kier molecular flexibility index (Phi) is 4.55. The van der Waals surface area contributed by atoms with Gasteiger partial charge in [0.05, 0.1) is 26.8 Å². The number of amides is 1. The molecule has 1 unspecified atom stereocenters. The lowest BCUT2D eigenvalue weighted by atomic mass is 9.96. The van der Waals surface area contributed by atoms with E-state index in [1.54, 1.807) is 23.5 Å². The topological polar surface area (TPSA) is 58.1 Å². The zero-order chi connectivity index (χ0) is 17.2. The van der Waals surface area contributed by atoms with Crippen LogP contribution in [-0.4, -0.2) is 29.0 Å². The van der Waals surface area contributed by atoms with Gasteiger partial charge in [-0.15, -0.1) is 11.3 Å². The Morgan fingerprint density at radius 3 is 3.04 bits per heavy atom. The van der Waals surface area contributed by atoms with E-state index in [2.05, 4.69) is 25.6 Å². The van der Waals surface area contributed by atoms with Crippen molar-refractivity contribution < 1.29 is 4.79 Å². The molecule has 0 spiro atoms. The Hall–Kier alpha value is -2.18. The highest BCUT2D eigenvalue weighted by Crippen LogP contribution is 2.32. The van der Waals surface area contributed by atoms with Gasteiger partial charge in [0.15, 0.2) is 0 Å². The molecule has 0 saturated carbocycles. The van der Waals surface area contributed by atoms with Crippen LogP contribution in [0.4, 0.5) is 11.5 Å². The predicted octanol–water partition coefficient (Wildman–Crippen LogP) is 4.20. The average molecular weight is 373 g/mol. The summed E-state index contributed by atoms with van der Waals surface area (Å²) in [5, 5.41) is 5.51. The van der Waals surface area contributed by atoms with Crippen molar-refractivity contribution in [3.63, 3.8) is 0 Å². The molecule has 0 aliphatic carbocycles. The largest absolute Gasteiger partial charge is 0.369 e. The third-order valence-corrected chi connectivity index (χ3v) is 5.58. The maximum Gasteiger partial charge on any atom is 0.230 e. The summed E-state index contributed by atoms with van der Waals surface area (Å²) >= 11 is 7.53. The molecule has 4 rings (SSSR count). The lowest BCUT2D eigenvalue weighted by Crippen LogP contribution is -2.40. The quantitative estimate of drug-likeness (QED) is 0.748. The second-order valence-electron chi connectivity index (χ2n) is 6.10. The molecule has 1 fully saturated rings. The summed E-state index contributed by atoms with van der Waals surface area (Å²) in [5.41, 5.74) is 2.18. The van der Waals surface area contributed by atoms with Gasteiger partial charge in [-0.2, -0.15) is 0 Å². The average Bonchev–Trinajstić information content (AvgIpc) is 3.12. The summed E-state index contributed by atoms with van der Waals surface area (Å²) in [5.74, 6) is 0.487. The first-order valence-corrected chi connectivity index (χ1v) is 9.46. The molecule has 128 valence electrons. The number of nitrogens with zero attached hydrogens (tertiary/aromatic N) is 3. The van der Waals surface area contributed by atoms with E-state index in [0.29, 0.717) is 17.4 Å². The van der Waals surface area contributed by atoms with Crippen molar-refractivity contribution >= 4 is 50.6 Å². The number of carbonyl (C=O) groups is 1. The van der Waals surface area contributed by atoms with Gasteiger partial charge in [0.2, 0.25) is 5.91 Å². The summed E-state index contributed by atoms with van der Waals surface area (Å²) in [4.78, 5) is 23.5. The lowest BCUT2D eigenvalue weighted by Gasteiger charge is -2.33. The summed E-state index contributed by atoms with van der Waals surface area (Å²) in [6.07, 6.45) is 5.25. The molecule has 25 heavy (non-hydrogen) atoms. The highest BCUT2D eigenvalue weighted by atomic mass is 35.5. The molecule has 7 heteroatoms. The van der Waals surface area contributed by atoms with E-state index in [4.69, 9.17) is 11.6 Å². The molecule has 3 aromatic rings. The Morgan fingerprint density at radius 2 is 2.20 bits per heavy atom. The highest BCUT2D eigenvalue weighted by molar-refractivity contribution is 7.17. The van der Waals surface area contributed by atoms with Crippen molar-refractivity contribution in [1.29, 1.82) is 0 Å². The van der Waals surface area contributed by atoms with Crippen LogP contribution in [0, 0.1) is 5.92 Å². The summed E-state index contributed by atoms with van der Waals surface area (Å²) < 4.78 is 1.18. The fourth-order valence-electron chi connectivity index (χ4n) is 3.20. The maximum atomic E-state index is 12.6. The number of rotatable bonds is 3. The monoisotopic (exact) mass is 372 g/mol. The number of thiophene rings is 1. The molecule has 1 amide bonds. The van der Waals surface area contributed by atoms with Crippen molar-refractivity contribution in [2.45, 2.75) is 12.8 Å². The maximum absolute atomic E-state index is 12.6. The van der Waals surface area contributed by atoms with Crippen molar-refractivity contribution in [2.24, 2.45) is 5.92 Å². The fraction of sp³-hybridized carbons (Fsp3) is 0.278. The number of hydrogen-bond acceptors (Lipinski definition) is 5. The molecule has 5 nitrogen and oxygen atoms in total. The van der Waals surface area contributed by atoms with Gasteiger partial charge in [-0.05, 0) is 42.5 Å². The Bertz CT molecular complexity index is 895. The molecule has 0 bridgehead atoms. The van der Waals surface area contributed by atoms with Gasteiger partial charge in [0.25, 0.3) is 0 Å². The molecule has 4 heterocycles. The standard InChI is InChI=1S/C18H17ClN4OS/c19-13-3-4-16(21-10-13)22-18(24)12-2-1-8-23(11-12)15-5-7-20-14-6-9-25-17(14)15/h3-7,9-10,12H,1-2,8,11H2,(H,21,22,24). The van der Waals surface area contributed by atoms with Crippen molar-refractivity contribution in [1.82, 2.24) is 9.97 Å². The second-order valence-corrected chi connectivity index (χ2v) is 7.45. The molecule has 3 aromatic heterocycles. The normalized spacial score (nSPS) is 17.6. The minimum atomic E-state index is -0.0607. The molecular weight excluding hydrogens is 356 g/mol. The van der Waals surface area contributed by atoms with Crippen LogP contribution in [0.15, 0.2) is 42.0 Å².